The summed E-state index contributed by atoms with van der Waals surface area (Å²) in [6.07, 6.45) is 6.42. The third kappa shape index (κ3) is 5.04. The van der Waals surface area contributed by atoms with E-state index in [-0.39, 0.29) is 12.6 Å². The van der Waals surface area contributed by atoms with E-state index in [0.717, 1.165) is 25.7 Å². The molecule has 0 aromatic rings. The quantitative estimate of drug-likeness (QED) is 0.454. The first-order valence-corrected chi connectivity index (χ1v) is 6.36. The first kappa shape index (κ1) is 15.7. The maximum absolute atomic E-state index is 12.0. The van der Waals surface area contributed by atoms with E-state index < -0.39 is 5.41 Å². The van der Waals surface area contributed by atoms with Gasteiger partial charge in [-0.25, -0.2) is 0 Å². The Bertz CT molecular complexity index is 270. The van der Waals surface area contributed by atoms with E-state index in [1.165, 1.54) is 6.08 Å². The molecule has 0 unspecified atom stereocenters. The maximum atomic E-state index is 12.0. The molecule has 0 N–H and O–H groups in total. The highest BCUT2D eigenvalue weighted by Gasteiger charge is 2.38. The minimum atomic E-state index is -0.949. The first-order valence-electron chi connectivity index (χ1n) is 6.36. The van der Waals surface area contributed by atoms with Gasteiger partial charge in [-0.3, -0.25) is 4.79 Å². The molecule has 0 fully saturated rings. The molecule has 0 radical (unpaired) electrons. The number of hydrogen-bond donors (Lipinski definition) is 0. The lowest BCUT2D eigenvalue weighted by atomic mass is 9.79. The van der Waals surface area contributed by atoms with Crippen molar-refractivity contribution in [3.63, 3.8) is 0 Å². The van der Waals surface area contributed by atoms with Crippen LogP contribution in [0.5, 0.6) is 0 Å². The molecule has 17 heavy (non-hydrogen) atoms. The van der Waals surface area contributed by atoms with Crippen LogP contribution in [0, 0.1) is 16.7 Å². The molecule has 96 valence electrons. The van der Waals surface area contributed by atoms with Crippen molar-refractivity contribution < 1.29 is 9.53 Å². The summed E-state index contributed by atoms with van der Waals surface area (Å²) in [6.45, 7) is 7.79. The Labute approximate surface area is 104 Å². The van der Waals surface area contributed by atoms with Crippen LogP contribution in [-0.4, -0.2) is 12.6 Å². The Balaban J connectivity index is 4.70. The average Bonchev–Trinajstić information content (AvgIpc) is 2.37. The molecule has 0 saturated carbocycles. The zero-order valence-electron chi connectivity index (χ0n) is 11.0. The average molecular weight is 237 g/mol. The summed E-state index contributed by atoms with van der Waals surface area (Å²) < 4.78 is 5.06. The normalized spacial score (nSPS) is 10.6. The SMILES string of the molecule is C=CCOC(=O)C(C#N)(CCCC)CCCC. The summed E-state index contributed by atoms with van der Waals surface area (Å²) in [5, 5.41) is 9.32. The predicted octanol–water partition coefficient (Wildman–Crippen LogP) is 3.61. The molecular weight excluding hydrogens is 214 g/mol. The minimum absolute atomic E-state index is 0.181. The molecule has 0 aromatic heterocycles. The molecule has 0 rings (SSSR count). The van der Waals surface area contributed by atoms with Crippen LogP contribution >= 0.6 is 0 Å². The number of unbranched alkanes of at least 4 members (excludes halogenated alkanes) is 2. The number of ether oxygens (including phenoxy) is 1. The van der Waals surface area contributed by atoms with E-state index in [9.17, 15) is 10.1 Å². The van der Waals surface area contributed by atoms with Crippen molar-refractivity contribution >= 4 is 5.97 Å². The van der Waals surface area contributed by atoms with Gasteiger partial charge in [0.05, 0.1) is 6.07 Å². The van der Waals surface area contributed by atoms with Crippen LogP contribution < -0.4 is 0 Å². The van der Waals surface area contributed by atoms with Gasteiger partial charge in [0.2, 0.25) is 0 Å². The number of nitrogens with zero attached hydrogens (tertiary/aromatic N) is 1. The van der Waals surface area contributed by atoms with Crippen molar-refractivity contribution in [1.29, 1.82) is 5.26 Å². The van der Waals surface area contributed by atoms with Crippen molar-refractivity contribution in [3.05, 3.63) is 12.7 Å². The Kier molecular flexibility index (Phi) is 8.13. The largest absolute Gasteiger partial charge is 0.460 e. The fourth-order valence-electron chi connectivity index (χ4n) is 1.72. The van der Waals surface area contributed by atoms with Crippen LogP contribution in [0.4, 0.5) is 0 Å². The Morgan fingerprint density at radius 2 is 1.88 bits per heavy atom. The van der Waals surface area contributed by atoms with E-state index in [1.807, 2.05) is 0 Å². The molecule has 3 nitrogen and oxygen atoms in total. The van der Waals surface area contributed by atoms with Crippen LogP contribution in [0.2, 0.25) is 0 Å². The lowest BCUT2D eigenvalue weighted by molar-refractivity contribution is -0.152. The van der Waals surface area contributed by atoms with Crippen LogP contribution in [0.1, 0.15) is 52.4 Å². The Hall–Kier alpha value is -1.30. The summed E-state index contributed by atoms with van der Waals surface area (Å²) in [4.78, 5) is 12.0. The van der Waals surface area contributed by atoms with Gasteiger partial charge in [0.25, 0.3) is 0 Å². The second kappa shape index (κ2) is 8.81. The number of carbonyl (C=O) groups excluding carboxylic acids is 1. The number of rotatable bonds is 9. The summed E-state index contributed by atoms with van der Waals surface area (Å²) in [5.41, 5.74) is -0.949. The van der Waals surface area contributed by atoms with E-state index in [4.69, 9.17) is 4.74 Å². The zero-order chi connectivity index (χ0) is 13.1. The molecular formula is C14H23NO2. The Morgan fingerprint density at radius 1 is 1.35 bits per heavy atom. The fourth-order valence-corrected chi connectivity index (χ4v) is 1.72. The van der Waals surface area contributed by atoms with Crippen LogP contribution in [0.25, 0.3) is 0 Å². The zero-order valence-corrected chi connectivity index (χ0v) is 11.0. The summed E-state index contributed by atoms with van der Waals surface area (Å²) >= 11 is 0. The fraction of sp³-hybridized carbons (Fsp3) is 0.714. The molecule has 0 amide bonds. The molecule has 0 aromatic carbocycles. The number of nitriles is 1. The lowest BCUT2D eigenvalue weighted by Gasteiger charge is -2.23. The van der Waals surface area contributed by atoms with Gasteiger partial charge in [-0.1, -0.05) is 52.2 Å². The number of hydrogen-bond acceptors (Lipinski definition) is 3. The monoisotopic (exact) mass is 237 g/mol. The van der Waals surface area contributed by atoms with E-state index in [2.05, 4.69) is 26.5 Å². The van der Waals surface area contributed by atoms with E-state index in [1.54, 1.807) is 0 Å². The molecule has 3 heteroatoms. The maximum Gasteiger partial charge on any atom is 0.326 e. The smallest absolute Gasteiger partial charge is 0.326 e. The third-order valence-corrected chi connectivity index (χ3v) is 2.85. The van der Waals surface area contributed by atoms with Gasteiger partial charge in [-0.05, 0) is 12.8 Å². The second-order valence-electron chi connectivity index (χ2n) is 4.29. The van der Waals surface area contributed by atoms with Gasteiger partial charge in [-0.15, -0.1) is 0 Å². The second-order valence-corrected chi connectivity index (χ2v) is 4.29. The highest BCUT2D eigenvalue weighted by molar-refractivity contribution is 5.80. The molecule has 0 spiro atoms. The van der Waals surface area contributed by atoms with Crippen molar-refractivity contribution in [1.82, 2.24) is 0 Å². The van der Waals surface area contributed by atoms with Crippen molar-refractivity contribution in [3.8, 4) is 6.07 Å². The third-order valence-electron chi connectivity index (χ3n) is 2.85. The summed E-state index contributed by atoms with van der Waals surface area (Å²) in [5.74, 6) is -0.387. The molecule has 0 bridgehead atoms. The summed E-state index contributed by atoms with van der Waals surface area (Å²) in [6, 6.07) is 2.19. The number of carbonyl (C=O) groups is 1. The van der Waals surface area contributed by atoms with E-state index >= 15 is 0 Å². The van der Waals surface area contributed by atoms with E-state index in [0.29, 0.717) is 12.8 Å². The van der Waals surface area contributed by atoms with Crippen LogP contribution in [-0.2, 0) is 9.53 Å². The molecule has 0 aliphatic rings. The predicted molar refractivity (Wildman–Crippen MR) is 68.3 cm³/mol. The lowest BCUT2D eigenvalue weighted by Crippen LogP contribution is -2.31. The minimum Gasteiger partial charge on any atom is -0.460 e. The van der Waals surface area contributed by atoms with Gasteiger partial charge in [-0.2, -0.15) is 5.26 Å². The van der Waals surface area contributed by atoms with Gasteiger partial charge >= 0.3 is 5.97 Å². The molecule has 0 heterocycles. The van der Waals surface area contributed by atoms with Crippen LogP contribution in [0.3, 0.4) is 0 Å². The van der Waals surface area contributed by atoms with Crippen molar-refractivity contribution in [2.75, 3.05) is 6.61 Å². The standard InChI is InChI=1S/C14H23NO2/c1-4-7-9-14(12-15,10-8-5-2)13(16)17-11-6-3/h6H,3-5,7-11H2,1-2H3. The summed E-state index contributed by atoms with van der Waals surface area (Å²) in [7, 11) is 0. The van der Waals surface area contributed by atoms with Gasteiger partial charge in [0, 0.05) is 0 Å². The van der Waals surface area contributed by atoms with Gasteiger partial charge in [0.1, 0.15) is 6.61 Å². The number of esters is 1. The molecule has 0 aliphatic heterocycles. The van der Waals surface area contributed by atoms with Crippen LogP contribution in [0.15, 0.2) is 12.7 Å². The molecule has 0 atom stereocenters. The van der Waals surface area contributed by atoms with Gasteiger partial charge in [0.15, 0.2) is 5.41 Å². The topological polar surface area (TPSA) is 50.1 Å². The Morgan fingerprint density at radius 3 is 2.24 bits per heavy atom. The highest BCUT2D eigenvalue weighted by atomic mass is 16.5. The van der Waals surface area contributed by atoms with Crippen molar-refractivity contribution in [2.45, 2.75) is 52.4 Å². The molecule has 0 aliphatic carbocycles. The first-order chi connectivity index (χ1) is 8.16. The highest BCUT2D eigenvalue weighted by Crippen LogP contribution is 2.32. The van der Waals surface area contributed by atoms with Crippen molar-refractivity contribution in [2.24, 2.45) is 5.41 Å². The van der Waals surface area contributed by atoms with Gasteiger partial charge < -0.3 is 4.74 Å². The molecule has 0 saturated heterocycles.